The van der Waals surface area contributed by atoms with Crippen molar-refractivity contribution in [3.05, 3.63) is 110 Å². The smallest absolute Gasteiger partial charge is 0.297 e. The largest absolute Gasteiger partial charge is 0.450 e. The predicted octanol–water partition coefficient (Wildman–Crippen LogP) is 5.86. The number of rotatable bonds is 5. The molecule has 0 saturated carbocycles. The average Bonchev–Trinajstić information content (AvgIpc) is 3.61. The lowest BCUT2D eigenvalue weighted by atomic mass is 9.84. The fourth-order valence-electron chi connectivity index (χ4n) is 5.52. The molecular formula is C29H19ClN4O4S2. The van der Waals surface area contributed by atoms with Crippen LogP contribution in [0.25, 0.3) is 11.0 Å². The molecule has 0 radical (unpaired) electrons. The molecule has 40 heavy (non-hydrogen) atoms. The highest BCUT2D eigenvalue weighted by Crippen LogP contribution is 2.54. The van der Waals surface area contributed by atoms with Gasteiger partial charge in [-0.25, -0.2) is 0 Å². The predicted molar refractivity (Wildman–Crippen MR) is 155 cm³/mol. The fraction of sp³-hybridized carbons (Fsp3) is 0.138. The second-order valence-electron chi connectivity index (χ2n) is 9.32. The first-order chi connectivity index (χ1) is 19.4. The Kier molecular flexibility index (Phi) is 5.81. The standard InChI is InChI=1S/C29H19ClN4O4S2/c1-2-33-20-11-7-6-10-19(20)29(26(33)37)22-23(35)18-14-17(30)12-13-21(18)38-24(22)25(36)34(29)27-31-32-28(40-27)39-15-16-8-4-3-5-9-16/h3-14H,2,15H2,1H3. The van der Waals surface area contributed by atoms with Crippen molar-refractivity contribution in [3.8, 4) is 0 Å². The molecule has 4 heterocycles. The molecule has 0 bridgehead atoms. The third-order valence-electron chi connectivity index (χ3n) is 7.19. The van der Waals surface area contributed by atoms with Gasteiger partial charge in [0.1, 0.15) is 5.58 Å². The molecule has 0 fully saturated rings. The van der Waals surface area contributed by atoms with Gasteiger partial charge in [-0.05, 0) is 36.8 Å². The van der Waals surface area contributed by atoms with Gasteiger partial charge in [0.15, 0.2) is 15.3 Å². The zero-order valence-electron chi connectivity index (χ0n) is 21.0. The van der Waals surface area contributed by atoms with Crippen LogP contribution in [0.3, 0.4) is 0 Å². The molecule has 198 valence electrons. The number of carbonyl (C=O) groups excluding carboxylic acids is 2. The van der Waals surface area contributed by atoms with Crippen molar-refractivity contribution >= 4 is 68.3 Å². The summed E-state index contributed by atoms with van der Waals surface area (Å²) in [6.45, 7) is 2.19. The van der Waals surface area contributed by atoms with Gasteiger partial charge in [0, 0.05) is 22.9 Å². The molecule has 0 saturated heterocycles. The minimum absolute atomic E-state index is 0.0330. The fourth-order valence-corrected chi connectivity index (χ4v) is 7.54. The number of thioether (sulfide) groups is 1. The number of amides is 2. The van der Waals surface area contributed by atoms with Gasteiger partial charge in [0.25, 0.3) is 11.8 Å². The Hall–Kier alpha value is -3.99. The van der Waals surface area contributed by atoms with Crippen LogP contribution in [-0.4, -0.2) is 28.6 Å². The van der Waals surface area contributed by atoms with Gasteiger partial charge in [-0.2, -0.15) is 0 Å². The summed E-state index contributed by atoms with van der Waals surface area (Å²) in [5.74, 6) is -0.576. The van der Waals surface area contributed by atoms with Crippen molar-refractivity contribution in [2.45, 2.75) is 22.6 Å². The van der Waals surface area contributed by atoms with Gasteiger partial charge in [0.05, 0.1) is 16.6 Å². The molecule has 2 aliphatic heterocycles. The molecule has 7 rings (SSSR count). The van der Waals surface area contributed by atoms with E-state index in [9.17, 15) is 14.4 Å². The second kappa shape index (κ2) is 9.29. The molecule has 2 aromatic heterocycles. The summed E-state index contributed by atoms with van der Waals surface area (Å²) in [7, 11) is 0. The van der Waals surface area contributed by atoms with Crippen LogP contribution in [0.1, 0.15) is 34.2 Å². The summed E-state index contributed by atoms with van der Waals surface area (Å²) in [5, 5.41) is 9.41. The molecular weight excluding hydrogens is 568 g/mol. The number of likely N-dealkylation sites (N-methyl/N-ethyl adjacent to an activating group) is 1. The monoisotopic (exact) mass is 586 g/mol. The molecule has 0 aliphatic carbocycles. The van der Waals surface area contributed by atoms with Crippen molar-refractivity contribution in [2.75, 3.05) is 16.3 Å². The van der Waals surface area contributed by atoms with Crippen LogP contribution in [0.15, 0.2) is 86.3 Å². The number of halogens is 1. The number of anilines is 2. The normalized spacial score (nSPS) is 17.8. The molecule has 2 aliphatic rings. The van der Waals surface area contributed by atoms with E-state index in [2.05, 4.69) is 10.2 Å². The highest BCUT2D eigenvalue weighted by atomic mass is 35.5. The number of para-hydroxylation sites is 1. The van der Waals surface area contributed by atoms with Crippen LogP contribution in [-0.2, 0) is 16.1 Å². The first-order valence-electron chi connectivity index (χ1n) is 12.5. The molecule has 0 N–H and O–H groups in total. The Bertz CT molecular complexity index is 1910. The number of nitrogens with zero attached hydrogens (tertiary/aromatic N) is 4. The number of hydrogen-bond acceptors (Lipinski definition) is 8. The van der Waals surface area contributed by atoms with Gasteiger partial charge >= 0.3 is 0 Å². The minimum atomic E-state index is -1.79. The second-order valence-corrected chi connectivity index (χ2v) is 11.9. The Balaban J connectivity index is 1.45. The quantitative estimate of drug-likeness (QED) is 0.188. The van der Waals surface area contributed by atoms with Gasteiger partial charge in [0.2, 0.25) is 10.9 Å². The summed E-state index contributed by atoms with van der Waals surface area (Å²) in [5.41, 5.74) is 0.140. The maximum absolute atomic E-state index is 14.5. The summed E-state index contributed by atoms with van der Waals surface area (Å²) in [4.78, 5) is 45.7. The van der Waals surface area contributed by atoms with E-state index >= 15 is 0 Å². The third kappa shape index (κ3) is 3.43. The van der Waals surface area contributed by atoms with Crippen LogP contribution in [0.5, 0.6) is 0 Å². The summed E-state index contributed by atoms with van der Waals surface area (Å²) in [6, 6.07) is 21.7. The van der Waals surface area contributed by atoms with E-state index in [1.807, 2.05) is 49.4 Å². The lowest BCUT2D eigenvalue weighted by Crippen LogP contribution is -2.53. The van der Waals surface area contributed by atoms with Crippen LogP contribution in [0.4, 0.5) is 10.8 Å². The highest BCUT2D eigenvalue weighted by Gasteiger charge is 2.66. The van der Waals surface area contributed by atoms with E-state index in [0.29, 0.717) is 32.9 Å². The van der Waals surface area contributed by atoms with E-state index in [4.69, 9.17) is 16.0 Å². The lowest BCUT2D eigenvalue weighted by Gasteiger charge is -2.31. The third-order valence-corrected chi connectivity index (χ3v) is 9.54. The van der Waals surface area contributed by atoms with E-state index in [0.717, 1.165) is 5.56 Å². The number of benzene rings is 3. The maximum Gasteiger partial charge on any atom is 0.297 e. The molecule has 2 amide bonds. The first kappa shape index (κ1) is 25.0. The Labute approximate surface area is 241 Å². The number of fused-ring (bicyclic) bond motifs is 5. The number of aromatic nitrogens is 2. The van der Waals surface area contributed by atoms with Gasteiger partial charge in [-0.3, -0.25) is 19.3 Å². The van der Waals surface area contributed by atoms with Crippen molar-refractivity contribution in [1.29, 1.82) is 0 Å². The molecule has 1 unspecified atom stereocenters. The van der Waals surface area contributed by atoms with E-state index in [1.165, 1.54) is 34.1 Å². The molecule has 3 aromatic carbocycles. The molecule has 5 aromatic rings. The van der Waals surface area contributed by atoms with Gasteiger partial charge in [-0.1, -0.05) is 83.2 Å². The van der Waals surface area contributed by atoms with Gasteiger partial charge < -0.3 is 9.32 Å². The maximum atomic E-state index is 14.5. The number of hydrogen-bond donors (Lipinski definition) is 0. The Morgan fingerprint density at radius 3 is 2.58 bits per heavy atom. The topological polar surface area (TPSA) is 96.6 Å². The van der Waals surface area contributed by atoms with Crippen LogP contribution in [0.2, 0.25) is 5.02 Å². The van der Waals surface area contributed by atoms with Crippen molar-refractivity contribution in [1.82, 2.24) is 10.2 Å². The van der Waals surface area contributed by atoms with Crippen LogP contribution >= 0.6 is 34.7 Å². The Morgan fingerprint density at radius 1 is 1.00 bits per heavy atom. The average molecular weight is 587 g/mol. The van der Waals surface area contributed by atoms with E-state index < -0.39 is 22.8 Å². The summed E-state index contributed by atoms with van der Waals surface area (Å²) in [6.07, 6.45) is 0. The van der Waals surface area contributed by atoms with E-state index in [-0.39, 0.29) is 27.4 Å². The zero-order valence-corrected chi connectivity index (χ0v) is 23.3. The van der Waals surface area contributed by atoms with Crippen LogP contribution in [0, 0.1) is 0 Å². The summed E-state index contributed by atoms with van der Waals surface area (Å²) >= 11 is 8.90. The molecule has 11 heteroatoms. The highest BCUT2D eigenvalue weighted by molar-refractivity contribution is 8.00. The molecule has 1 spiro atoms. The molecule has 8 nitrogen and oxygen atoms in total. The van der Waals surface area contributed by atoms with Crippen LogP contribution < -0.4 is 15.2 Å². The summed E-state index contributed by atoms with van der Waals surface area (Å²) < 4.78 is 6.69. The van der Waals surface area contributed by atoms with E-state index in [1.54, 1.807) is 29.2 Å². The van der Waals surface area contributed by atoms with Crippen molar-refractivity contribution in [2.24, 2.45) is 0 Å². The Morgan fingerprint density at radius 2 is 1.77 bits per heavy atom. The number of carbonyl (C=O) groups is 2. The molecule has 1 atom stereocenters. The van der Waals surface area contributed by atoms with Crippen molar-refractivity contribution < 1.29 is 14.0 Å². The zero-order chi connectivity index (χ0) is 27.6. The SMILES string of the molecule is CCN1C(=O)C2(c3ccccc31)c1c(oc3ccc(Cl)cc3c1=O)C(=O)N2c1nnc(SCc2ccccc2)s1. The minimum Gasteiger partial charge on any atom is -0.450 e. The lowest BCUT2D eigenvalue weighted by molar-refractivity contribution is -0.121. The van der Waals surface area contributed by atoms with Gasteiger partial charge in [-0.15, -0.1) is 10.2 Å². The first-order valence-corrected chi connectivity index (χ1v) is 14.7. The van der Waals surface area contributed by atoms with Crippen molar-refractivity contribution in [3.63, 3.8) is 0 Å².